The molecule has 0 fully saturated rings. The molecule has 0 saturated heterocycles. The molecular weight excluding hydrogens is 450 g/mol. The first kappa shape index (κ1) is 23.8. The number of sulfonamides is 1. The zero-order valence-corrected chi connectivity index (χ0v) is 19.3. The van der Waals surface area contributed by atoms with Crippen LogP contribution >= 0.6 is 11.6 Å². The molecule has 0 unspecified atom stereocenters. The molecule has 0 amide bonds. The Kier molecular flexibility index (Phi) is 7.60. The minimum absolute atomic E-state index is 0.0583. The summed E-state index contributed by atoms with van der Waals surface area (Å²) in [5.41, 5.74) is 2.98. The molecule has 0 aliphatic rings. The van der Waals surface area contributed by atoms with E-state index in [1.165, 1.54) is 10.4 Å². The van der Waals surface area contributed by atoms with Gasteiger partial charge in [0.1, 0.15) is 0 Å². The number of carboxylic acids is 1. The second-order valence-electron chi connectivity index (χ2n) is 7.41. The standard InChI is InChI=1S/C23H24ClN3O4S/c1-16-21(24)8-4-9-22(16)32(30,31)27(13-5-10-23(28)29)17(2)18-6-3-7-19(14-18)20-11-12-25-26-15-20/h3-4,6-9,11-12,14-15,17H,5,10,13H2,1-2H3,(H,28,29)/t17-/m0/s1. The topological polar surface area (TPSA) is 100 Å². The summed E-state index contributed by atoms with van der Waals surface area (Å²) in [6, 6.07) is 13.6. The lowest BCUT2D eigenvalue weighted by molar-refractivity contribution is -0.137. The number of carboxylic acid groups (broad SMARTS) is 1. The third-order valence-corrected chi connectivity index (χ3v) is 7.82. The Labute approximate surface area is 192 Å². The van der Waals surface area contributed by atoms with Crippen molar-refractivity contribution in [3.05, 3.63) is 77.1 Å². The maximum atomic E-state index is 13.7. The van der Waals surface area contributed by atoms with Gasteiger partial charge in [0, 0.05) is 29.6 Å². The fourth-order valence-electron chi connectivity index (χ4n) is 3.51. The maximum Gasteiger partial charge on any atom is 0.303 e. The minimum atomic E-state index is -3.94. The van der Waals surface area contributed by atoms with Crippen LogP contribution in [-0.2, 0) is 14.8 Å². The molecule has 9 heteroatoms. The Morgan fingerprint density at radius 2 is 1.88 bits per heavy atom. The van der Waals surface area contributed by atoms with Gasteiger partial charge in [-0.2, -0.15) is 14.5 Å². The second-order valence-corrected chi connectivity index (χ2v) is 9.67. The molecule has 0 aliphatic carbocycles. The van der Waals surface area contributed by atoms with Gasteiger partial charge in [0.25, 0.3) is 0 Å². The summed E-state index contributed by atoms with van der Waals surface area (Å²) in [5.74, 6) is -0.971. The predicted octanol–water partition coefficient (Wildman–Crippen LogP) is 4.72. The molecule has 0 spiro atoms. The zero-order valence-electron chi connectivity index (χ0n) is 17.8. The molecule has 0 aliphatic heterocycles. The quantitative estimate of drug-likeness (QED) is 0.482. The Morgan fingerprint density at radius 3 is 2.56 bits per heavy atom. The third kappa shape index (κ3) is 5.32. The van der Waals surface area contributed by atoms with Crippen molar-refractivity contribution in [2.75, 3.05) is 6.54 Å². The van der Waals surface area contributed by atoms with Gasteiger partial charge in [-0.15, -0.1) is 0 Å². The molecule has 2 aromatic carbocycles. The fourth-order valence-corrected chi connectivity index (χ4v) is 5.65. The average Bonchev–Trinajstić information content (AvgIpc) is 2.78. The monoisotopic (exact) mass is 473 g/mol. The number of rotatable bonds is 9. The minimum Gasteiger partial charge on any atom is -0.481 e. The summed E-state index contributed by atoms with van der Waals surface area (Å²) in [5, 5.41) is 17.1. The van der Waals surface area contributed by atoms with Crippen molar-refractivity contribution in [1.82, 2.24) is 14.5 Å². The van der Waals surface area contributed by atoms with Crippen molar-refractivity contribution in [3.8, 4) is 11.1 Å². The highest BCUT2D eigenvalue weighted by Crippen LogP contribution is 2.33. The highest BCUT2D eigenvalue weighted by Gasteiger charge is 2.31. The zero-order chi connectivity index (χ0) is 23.3. The van der Waals surface area contributed by atoms with Gasteiger partial charge in [0.15, 0.2) is 0 Å². The van der Waals surface area contributed by atoms with Crippen molar-refractivity contribution in [3.63, 3.8) is 0 Å². The van der Waals surface area contributed by atoms with E-state index in [1.807, 2.05) is 30.3 Å². The van der Waals surface area contributed by atoms with Gasteiger partial charge in [-0.3, -0.25) is 4.79 Å². The van der Waals surface area contributed by atoms with Gasteiger partial charge in [-0.05, 0) is 61.2 Å². The normalized spacial score (nSPS) is 12.6. The first-order chi connectivity index (χ1) is 15.2. The first-order valence-corrected chi connectivity index (χ1v) is 11.9. The van der Waals surface area contributed by atoms with E-state index in [0.29, 0.717) is 10.6 Å². The van der Waals surface area contributed by atoms with E-state index in [4.69, 9.17) is 16.7 Å². The van der Waals surface area contributed by atoms with Gasteiger partial charge >= 0.3 is 5.97 Å². The Balaban J connectivity index is 2.02. The van der Waals surface area contributed by atoms with E-state index < -0.39 is 22.0 Å². The molecule has 0 bridgehead atoms. The first-order valence-electron chi connectivity index (χ1n) is 10.1. The summed E-state index contributed by atoms with van der Waals surface area (Å²) in [7, 11) is -3.94. The van der Waals surface area contributed by atoms with Crippen LogP contribution in [0.1, 0.15) is 36.9 Å². The number of carbonyl (C=O) groups is 1. The van der Waals surface area contributed by atoms with Gasteiger partial charge in [-0.1, -0.05) is 35.9 Å². The molecule has 0 radical (unpaired) electrons. The number of halogens is 1. The lowest BCUT2D eigenvalue weighted by Crippen LogP contribution is -2.35. The van der Waals surface area contributed by atoms with Crippen LogP contribution in [0.3, 0.4) is 0 Å². The van der Waals surface area contributed by atoms with E-state index in [1.54, 1.807) is 38.4 Å². The van der Waals surface area contributed by atoms with Crippen LogP contribution < -0.4 is 0 Å². The van der Waals surface area contributed by atoms with Crippen LogP contribution in [0.4, 0.5) is 0 Å². The molecule has 32 heavy (non-hydrogen) atoms. The molecular formula is C23H24ClN3O4S. The van der Waals surface area contributed by atoms with Gasteiger partial charge in [0.2, 0.25) is 10.0 Å². The highest BCUT2D eigenvalue weighted by molar-refractivity contribution is 7.89. The van der Waals surface area contributed by atoms with Gasteiger partial charge in [0.05, 0.1) is 17.3 Å². The maximum absolute atomic E-state index is 13.7. The van der Waals surface area contributed by atoms with E-state index in [0.717, 1.165) is 16.7 Å². The lowest BCUT2D eigenvalue weighted by atomic mass is 10.0. The second kappa shape index (κ2) is 10.2. The molecule has 0 saturated carbocycles. The van der Waals surface area contributed by atoms with Crippen LogP contribution in [-0.4, -0.2) is 40.5 Å². The smallest absolute Gasteiger partial charge is 0.303 e. The Bertz CT molecular complexity index is 1200. The van der Waals surface area contributed by atoms with Crippen molar-refractivity contribution in [2.45, 2.75) is 37.6 Å². The summed E-state index contributed by atoms with van der Waals surface area (Å²) in [6.45, 7) is 3.51. The number of benzene rings is 2. The van der Waals surface area contributed by atoms with Gasteiger partial charge < -0.3 is 5.11 Å². The van der Waals surface area contributed by atoms with Crippen molar-refractivity contribution < 1.29 is 18.3 Å². The number of aliphatic carboxylic acids is 1. The Hall–Kier alpha value is -2.81. The van der Waals surface area contributed by atoms with Crippen LogP contribution in [0.25, 0.3) is 11.1 Å². The lowest BCUT2D eigenvalue weighted by Gasteiger charge is -2.29. The summed E-state index contributed by atoms with van der Waals surface area (Å²) < 4.78 is 28.7. The number of hydrogen-bond donors (Lipinski definition) is 1. The number of aromatic nitrogens is 2. The summed E-state index contributed by atoms with van der Waals surface area (Å²) >= 11 is 6.18. The molecule has 1 N–H and O–H groups in total. The van der Waals surface area contributed by atoms with Crippen LogP contribution in [0.2, 0.25) is 5.02 Å². The molecule has 1 heterocycles. The highest BCUT2D eigenvalue weighted by atomic mass is 35.5. The largest absolute Gasteiger partial charge is 0.481 e. The predicted molar refractivity (Wildman–Crippen MR) is 123 cm³/mol. The third-order valence-electron chi connectivity index (χ3n) is 5.29. The van der Waals surface area contributed by atoms with E-state index in [2.05, 4.69) is 10.2 Å². The molecule has 7 nitrogen and oxygen atoms in total. The summed E-state index contributed by atoms with van der Waals surface area (Å²) in [4.78, 5) is 11.2. The SMILES string of the molecule is Cc1c(Cl)cccc1S(=O)(=O)N(CCCC(=O)O)[C@@H](C)c1cccc(-c2ccnnc2)c1. The van der Waals surface area contributed by atoms with E-state index in [-0.39, 0.29) is 24.3 Å². The van der Waals surface area contributed by atoms with Gasteiger partial charge in [-0.25, -0.2) is 8.42 Å². The molecule has 168 valence electrons. The molecule has 3 aromatic rings. The van der Waals surface area contributed by atoms with E-state index >= 15 is 0 Å². The van der Waals surface area contributed by atoms with Crippen molar-refractivity contribution in [2.24, 2.45) is 0 Å². The Morgan fingerprint density at radius 1 is 1.12 bits per heavy atom. The fraction of sp³-hybridized carbons (Fsp3) is 0.261. The number of hydrogen-bond acceptors (Lipinski definition) is 5. The van der Waals surface area contributed by atoms with Crippen molar-refractivity contribution in [1.29, 1.82) is 0 Å². The van der Waals surface area contributed by atoms with Crippen molar-refractivity contribution >= 4 is 27.6 Å². The molecule has 1 aromatic heterocycles. The summed E-state index contributed by atoms with van der Waals surface area (Å²) in [6.07, 6.45) is 3.29. The molecule has 3 rings (SSSR count). The van der Waals surface area contributed by atoms with Crippen LogP contribution in [0.15, 0.2) is 65.8 Å². The van der Waals surface area contributed by atoms with E-state index in [9.17, 15) is 13.2 Å². The average molecular weight is 474 g/mol. The van der Waals surface area contributed by atoms with Crippen LogP contribution in [0.5, 0.6) is 0 Å². The van der Waals surface area contributed by atoms with Crippen LogP contribution in [0, 0.1) is 6.92 Å². The number of nitrogens with zero attached hydrogens (tertiary/aromatic N) is 3. The molecule has 1 atom stereocenters.